The maximum Gasteiger partial charge on any atom is 0.126 e. The fraction of sp³-hybridized carbons (Fsp3) is 0.500. The van der Waals surface area contributed by atoms with Crippen LogP contribution in [0.1, 0.15) is 26.2 Å². The Morgan fingerprint density at radius 2 is 2.27 bits per heavy atom. The van der Waals surface area contributed by atoms with Gasteiger partial charge in [-0.1, -0.05) is 25.2 Å². The lowest BCUT2D eigenvalue weighted by atomic mass is 9.99. The SMILES string of the molecule is C=CCCCC(=C)C(C)C=O. The summed E-state index contributed by atoms with van der Waals surface area (Å²) in [6.45, 7) is 9.33. The normalized spacial score (nSPS) is 12.1. The van der Waals surface area contributed by atoms with Gasteiger partial charge in [0.2, 0.25) is 0 Å². The van der Waals surface area contributed by atoms with Gasteiger partial charge in [-0.3, -0.25) is 0 Å². The van der Waals surface area contributed by atoms with E-state index < -0.39 is 0 Å². The number of carbonyl (C=O) groups is 1. The van der Waals surface area contributed by atoms with E-state index >= 15 is 0 Å². The van der Waals surface area contributed by atoms with Crippen LogP contribution in [0.25, 0.3) is 0 Å². The van der Waals surface area contributed by atoms with Crippen molar-refractivity contribution in [2.24, 2.45) is 5.92 Å². The van der Waals surface area contributed by atoms with Crippen LogP contribution in [-0.4, -0.2) is 6.29 Å². The van der Waals surface area contributed by atoms with Crippen LogP contribution in [0.2, 0.25) is 0 Å². The van der Waals surface area contributed by atoms with E-state index in [-0.39, 0.29) is 5.92 Å². The summed E-state index contributed by atoms with van der Waals surface area (Å²) >= 11 is 0. The Morgan fingerprint density at radius 1 is 1.64 bits per heavy atom. The second kappa shape index (κ2) is 5.90. The Kier molecular flexibility index (Phi) is 5.44. The number of hydrogen-bond acceptors (Lipinski definition) is 1. The van der Waals surface area contributed by atoms with Crippen LogP contribution in [-0.2, 0) is 4.79 Å². The van der Waals surface area contributed by atoms with Crippen LogP contribution in [0, 0.1) is 5.92 Å². The Labute approximate surface area is 68.8 Å². The van der Waals surface area contributed by atoms with Gasteiger partial charge in [0.05, 0.1) is 0 Å². The van der Waals surface area contributed by atoms with Gasteiger partial charge in [-0.15, -0.1) is 6.58 Å². The summed E-state index contributed by atoms with van der Waals surface area (Å²) in [5, 5.41) is 0. The zero-order chi connectivity index (χ0) is 8.69. The third-order valence-corrected chi connectivity index (χ3v) is 1.75. The van der Waals surface area contributed by atoms with Crippen LogP contribution in [0.15, 0.2) is 24.8 Å². The van der Waals surface area contributed by atoms with Crippen LogP contribution < -0.4 is 0 Å². The van der Waals surface area contributed by atoms with Crippen molar-refractivity contribution in [3.63, 3.8) is 0 Å². The summed E-state index contributed by atoms with van der Waals surface area (Å²) in [6.07, 6.45) is 5.83. The fourth-order valence-corrected chi connectivity index (χ4v) is 0.797. The summed E-state index contributed by atoms with van der Waals surface area (Å²) in [5.74, 6) is 0.0137. The number of hydrogen-bond donors (Lipinski definition) is 0. The van der Waals surface area contributed by atoms with Crippen molar-refractivity contribution < 1.29 is 4.79 Å². The van der Waals surface area contributed by atoms with E-state index in [9.17, 15) is 4.79 Å². The molecule has 1 unspecified atom stereocenters. The van der Waals surface area contributed by atoms with Crippen molar-refractivity contribution in [2.75, 3.05) is 0 Å². The Morgan fingerprint density at radius 3 is 2.73 bits per heavy atom. The summed E-state index contributed by atoms with van der Waals surface area (Å²) in [4.78, 5) is 10.3. The first-order valence-electron chi connectivity index (χ1n) is 3.96. The van der Waals surface area contributed by atoms with Crippen molar-refractivity contribution in [3.05, 3.63) is 24.8 Å². The van der Waals surface area contributed by atoms with Crippen LogP contribution >= 0.6 is 0 Å². The molecule has 0 saturated carbocycles. The minimum absolute atomic E-state index is 0.0137. The lowest BCUT2D eigenvalue weighted by Gasteiger charge is -2.05. The number of unbranched alkanes of at least 4 members (excludes halogenated alkanes) is 1. The van der Waals surface area contributed by atoms with Gasteiger partial charge < -0.3 is 4.79 Å². The molecule has 0 spiro atoms. The number of rotatable bonds is 6. The van der Waals surface area contributed by atoms with Gasteiger partial charge in [-0.25, -0.2) is 0 Å². The number of allylic oxidation sites excluding steroid dienone is 2. The molecule has 1 atom stereocenters. The standard InChI is InChI=1S/C10H16O/c1-4-5-6-7-9(2)10(3)8-11/h4,8,10H,1-2,5-7H2,3H3. The van der Waals surface area contributed by atoms with E-state index in [1.807, 2.05) is 13.0 Å². The second-order valence-corrected chi connectivity index (χ2v) is 2.76. The zero-order valence-corrected chi connectivity index (χ0v) is 7.18. The molecule has 0 fully saturated rings. The molecule has 0 aliphatic carbocycles. The van der Waals surface area contributed by atoms with Gasteiger partial charge in [-0.05, 0) is 19.3 Å². The molecular weight excluding hydrogens is 136 g/mol. The predicted molar refractivity (Wildman–Crippen MR) is 48.4 cm³/mol. The van der Waals surface area contributed by atoms with Crippen molar-refractivity contribution in [3.8, 4) is 0 Å². The molecule has 0 aliphatic rings. The molecule has 1 heteroatoms. The second-order valence-electron chi connectivity index (χ2n) is 2.76. The van der Waals surface area contributed by atoms with E-state index in [1.54, 1.807) is 0 Å². The maximum absolute atomic E-state index is 10.3. The first-order chi connectivity index (χ1) is 5.22. The van der Waals surface area contributed by atoms with Gasteiger partial charge in [0.15, 0.2) is 0 Å². The average molecular weight is 152 g/mol. The maximum atomic E-state index is 10.3. The van der Waals surface area contributed by atoms with Crippen molar-refractivity contribution in [1.29, 1.82) is 0 Å². The summed E-state index contributed by atoms with van der Waals surface area (Å²) < 4.78 is 0. The van der Waals surface area contributed by atoms with E-state index in [0.29, 0.717) is 0 Å². The molecule has 0 aromatic carbocycles. The lowest BCUT2D eigenvalue weighted by molar-refractivity contribution is -0.109. The Bertz CT molecular complexity index is 147. The number of aldehydes is 1. The first-order valence-corrected chi connectivity index (χ1v) is 3.96. The minimum atomic E-state index is 0.0137. The highest BCUT2D eigenvalue weighted by atomic mass is 16.1. The molecule has 11 heavy (non-hydrogen) atoms. The van der Waals surface area contributed by atoms with Crippen molar-refractivity contribution in [1.82, 2.24) is 0 Å². The first kappa shape index (κ1) is 10.2. The molecule has 0 aromatic rings. The summed E-state index contributed by atoms with van der Waals surface area (Å²) in [6, 6.07) is 0. The molecule has 0 radical (unpaired) electrons. The Hall–Kier alpha value is -0.850. The monoisotopic (exact) mass is 152 g/mol. The molecule has 0 bridgehead atoms. The van der Waals surface area contributed by atoms with Gasteiger partial charge in [0.1, 0.15) is 6.29 Å². The van der Waals surface area contributed by atoms with E-state index in [0.717, 1.165) is 31.1 Å². The summed E-state index contributed by atoms with van der Waals surface area (Å²) in [5.41, 5.74) is 1.03. The van der Waals surface area contributed by atoms with E-state index in [4.69, 9.17) is 0 Å². The molecule has 0 rings (SSSR count). The fourth-order valence-electron chi connectivity index (χ4n) is 0.797. The smallest absolute Gasteiger partial charge is 0.126 e. The van der Waals surface area contributed by atoms with Crippen molar-refractivity contribution in [2.45, 2.75) is 26.2 Å². The molecular formula is C10H16O. The third kappa shape index (κ3) is 4.54. The molecule has 0 aliphatic heterocycles. The Balaban J connectivity index is 3.51. The van der Waals surface area contributed by atoms with Crippen LogP contribution in [0.3, 0.4) is 0 Å². The summed E-state index contributed by atoms with van der Waals surface area (Å²) in [7, 11) is 0. The number of carbonyl (C=O) groups excluding carboxylic acids is 1. The lowest BCUT2D eigenvalue weighted by Crippen LogP contribution is -1.98. The quantitative estimate of drug-likeness (QED) is 0.325. The molecule has 62 valence electrons. The van der Waals surface area contributed by atoms with Crippen molar-refractivity contribution >= 4 is 6.29 Å². The average Bonchev–Trinajstić information content (AvgIpc) is 2.03. The highest BCUT2D eigenvalue weighted by Gasteiger charge is 2.02. The van der Waals surface area contributed by atoms with Gasteiger partial charge >= 0.3 is 0 Å². The molecule has 0 aromatic heterocycles. The molecule has 1 nitrogen and oxygen atoms in total. The van der Waals surface area contributed by atoms with Gasteiger partial charge in [-0.2, -0.15) is 0 Å². The predicted octanol–water partition coefficient (Wildman–Crippen LogP) is 2.73. The third-order valence-electron chi connectivity index (χ3n) is 1.75. The zero-order valence-electron chi connectivity index (χ0n) is 7.18. The van der Waals surface area contributed by atoms with Crippen LogP contribution in [0.4, 0.5) is 0 Å². The highest BCUT2D eigenvalue weighted by Crippen LogP contribution is 2.13. The van der Waals surface area contributed by atoms with E-state index in [2.05, 4.69) is 13.2 Å². The molecule has 0 heterocycles. The van der Waals surface area contributed by atoms with Gasteiger partial charge in [0.25, 0.3) is 0 Å². The van der Waals surface area contributed by atoms with Crippen LogP contribution in [0.5, 0.6) is 0 Å². The van der Waals surface area contributed by atoms with E-state index in [1.165, 1.54) is 0 Å². The molecule has 0 saturated heterocycles. The molecule has 0 N–H and O–H groups in total. The topological polar surface area (TPSA) is 17.1 Å². The van der Waals surface area contributed by atoms with Gasteiger partial charge in [0, 0.05) is 5.92 Å². The minimum Gasteiger partial charge on any atom is -0.303 e. The largest absolute Gasteiger partial charge is 0.303 e. The highest BCUT2D eigenvalue weighted by molar-refractivity contribution is 5.57. The molecule has 0 amide bonds.